The van der Waals surface area contributed by atoms with Crippen LogP contribution in [0.25, 0.3) is 0 Å². The Hall–Kier alpha value is -2.74. The average Bonchev–Trinajstić information content (AvgIpc) is 3.36. The first-order chi connectivity index (χ1) is 17.6. The largest absolute Gasteiger partial charge is 0.462 e. The summed E-state index contributed by atoms with van der Waals surface area (Å²) in [4.78, 5) is 41.5. The molecule has 5 rings (SSSR count). The molecule has 0 spiro atoms. The molecule has 2 aromatic rings. The summed E-state index contributed by atoms with van der Waals surface area (Å²) >= 11 is 1.48. The van der Waals surface area contributed by atoms with Crippen molar-refractivity contribution in [2.24, 2.45) is 23.2 Å². The minimum atomic E-state index is -0.304. The monoisotopic (exact) mass is 524 g/mol. The number of rotatable bonds is 6. The van der Waals surface area contributed by atoms with Crippen LogP contribution in [0.2, 0.25) is 0 Å². The van der Waals surface area contributed by atoms with E-state index in [-0.39, 0.29) is 29.4 Å². The van der Waals surface area contributed by atoms with Gasteiger partial charge in [0.25, 0.3) is 0 Å². The zero-order chi connectivity index (χ0) is 26.3. The van der Waals surface area contributed by atoms with Crippen LogP contribution in [0.4, 0.5) is 5.13 Å². The molecular formula is C29H36N2O5S. The van der Waals surface area contributed by atoms with Crippen LogP contribution in [-0.2, 0) is 25.5 Å². The number of thiazole rings is 1. The van der Waals surface area contributed by atoms with Gasteiger partial charge in [-0.15, -0.1) is 11.3 Å². The molecule has 3 unspecified atom stereocenters. The molecule has 2 saturated carbocycles. The maximum Gasteiger partial charge on any atom is 0.308 e. The molecule has 7 nitrogen and oxygen atoms in total. The molecular weight excluding hydrogens is 488 g/mol. The van der Waals surface area contributed by atoms with Crippen molar-refractivity contribution in [1.82, 2.24) is 4.98 Å². The lowest BCUT2D eigenvalue weighted by atomic mass is 9.53. The standard InChI is InChI=1S/C29H36N2O5S/c1-16-15-30-28(37-16)31-26(34)10-6-20-14-25(36-18(3)33)29(4)12-11-23-22-9-7-21(35-17(2)32)13-19(22)5-8-24(23)27(20)29/h7,9,13,15,20,23-25,27H,5-6,8,10-12,14H2,1-4H3,(H,30,31,34)/t20-,23?,24?,25+,27?,29-/m1/s1. The van der Waals surface area contributed by atoms with Gasteiger partial charge in [-0.05, 0) is 92.4 Å². The van der Waals surface area contributed by atoms with Crippen LogP contribution in [-0.4, -0.2) is 28.9 Å². The van der Waals surface area contributed by atoms with E-state index >= 15 is 0 Å². The molecule has 1 aromatic carbocycles. The van der Waals surface area contributed by atoms with Crippen LogP contribution < -0.4 is 10.1 Å². The second-order valence-electron chi connectivity index (χ2n) is 11.3. The van der Waals surface area contributed by atoms with Crippen LogP contribution >= 0.6 is 11.3 Å². The topological polar surface area (TPSA) is 94.6 Å². The van der Waals surface area contributed by atoms with E-state index in [0.717, 1.165) is 43.4 Å². The van der Waals surface area contributed by atoms with E-state index in [1.807, 2.05) is 19.1 Å². The summed E-state index contributed by atoms with van der Waals surface area (Å²) in [5, 5.41) is 3.59. The van der Waals surface area contributed by atoms with Gasteiger partial charge in [0.05, 0.1) is 0 Å². The Labute approximate surface area is 222 Å². The lowest BCUT2D eigenvalue weighted by molar-refractivity contribution is -0.154. The van der Waals surface area contributed by atoms with Crippen LogP contribution in [0.15, 0.2) is 24.4 Å². The number of hydrogen-bond acceptors (Lipinski definition) is 7. The molecule has 2 fully saturated rings. The molecule has 1 heterocycles. The fraction of sp³-hybridized carbons (Fsp3) is 0.586. The van der Waals surface area contributed by atoms with E-state index in [9.17, 15) is 14.4 Å². The van der Waals surface area contributed by atoms with Gasteiger partial charge in [-0.2, -0.15) is 0 Å². The van der Waals surface area contributed by atoms with Gasteiger partial charge >= 0.3 is 11.9 Å². The molecule has 8 heteroatoms. The molecule has 0 saturated heterocycles. The third kappa shape index (κ3) is 5.17. The van der Waals surface area contributed by atoms with Crippen LogP contribution in [0.5, 0.6) is 5.75 Å². The minimum absolute atomic E-state index is 0.00802. The fourth-order valence-electron chi connectivity index (χ4n) is 7.61. The maximum absolute atomic E-state index is 12.8. The SMILES string of the molecule is CC(=O)Oc1ccc2c(c1)CCC1C2CC[C@@]2(C)C1[C@H](CCC(=O)Nc1ncc(C)s1)C[C@@H]2OC(C)=O. The van der Waals surface area contributed by atoms with Crippen LogP contribution in [0, 0.1) is 30.1 Å². The first kappa shape index (κ1) is 25.9. The molecule has 0 radical (unpaired) electrons. The summed E-state index contributed by atoms with van der Waals surface area (Å²) in [5.74, 6) is 1.67. The van der Waals surface area contributed by atoms with E-state index in [1.165, 1.54) is 36.3 Å². The zero-order valence-electron chi connectivity index (χ0n) is 22.0. The van der Waals surface area contributed by atoms with Crippen molar-refractivity contribution in [2.75, 3.05) is 5.32 Å². The van der Waals surface area contributed by atoms with E-state index in [1.54, 1.807) is 6.20 Å². The molecule has 0 aliphatic heterocycles. The Morgan fingerprint density at radius 2 is 2.00 bits per heavy atom. The number of benzene rings is 1. The van der Waals surface area contributed by atoms with E-state index in [2.05, 4.69) is 23.3 Å². The van der Waals surface area contributed by atoms with E-state index in [0.29, 0.717) is 41.0 Å². The van der Waals surface area contributed by atoms with Crippen LogP contribution in [0.1, 0.15) is 81.2 Å². The van der Waals surface area contributed by atoms with E-state index < -0.39 is 0 Å². The lowest BCUT2D eigenvalue weighted by Crippen LogP contribution is -2.46. The summed E-state index contributed by atoms with van der Waals surface area (Å²) in [6.45, 7) is 7.20. The molecule has 3 aliphatic carbocycles. The van der Waals surface area contributed by atoms with Gasteiger partial charge < -0.3 is 14.8 Å². The molecule has 3 aliphatic rings. The number of nitrogens with one attached hydrogen (secondary N) is 1. The predicted molar refractivity (Wildman–Crippen MR) is 142 cm³/mol. The van der Waals surface area contributed by atoms with Crippen molar-refractivity contribution in [2.45, 2.75) is 84.7 Å². The Bertz CT molecular complexity index is 1210. The van der Waals surface area contributed by atoms with Crippen LogP contribution in [0.3, 0.4) is 0 Å². The molecule has 198 valence electrons. The molecule has 1 N–H and O–H groups in total. The second-order valence-corrected chi connectivity index (χ2v) is 12.5. The number of nitrogens with zero attached hydrogens (tertiary/aromatic N) is 1. The van der Waals surface area contributed by atoms with Gasteiger partial charge in [-0.1, -0.05) is 13.0 Å². The number of fused-ring (bicyclic) bond motifs is 5. The Balaban J connectivity index is 1.36. The minimum Gasteiger partial charge on any atom is -0.462 e. The summed E-state index contributed by atoms with van der Waals surface area (Å²) in [6.07, 6.45) is 7.70. The number of esters is 2. The Kier molecular flexibility index (Phi) is 7.14. The van der Waals surface area contributed by atoms with Gasteiger partial charge in [-0.25, -0.2) is 4.98 Å². The lowest BCUT2D eigenvalue weighted by Gasteiger charge is -2.51. The summed E-state index contributed by atoms with van der Waals surface area (Å²) in [5.41, 5.74) is 2.55. The number of ether oxygens (including phenoxy) is 2. The average molecular weight is 525 g/mol. The Morgan fingerprint density at radius 1 is 1.19 bits per heavy atom. The van der Waals surface area contributed by atoms with Gasteiger partial charge in [0.2, 0.25) is 5.91 Å². The smallest absolute Gasteiger partial charge is 0.308 e. The number of aryl methyl sites for hydroxylation is 2. The first-order valence-corrected chi connectivity index (χ1v) is 14.2. The van der Waals surface area contributed by atoms with Crippen molar-refractivity contribution in [3.8, 4) is 5.75 Å². The Morgan fingerprint density at radius 3 is 2.70 bits per heavy atom. The predicted octanol–water partition coefficient (Wildman–Crippen LogP) is 5.81. The van der Waals surface area contributed by atoms with Crippen molar-refractivity contribution in [1.29, 1.82) is 0 Å². The highest BCUT2D eigenvalue weighted by Gasteiger charge is 2.59. The molecule has 37 heavy (non-hydrogen) atoms. The van der Waals surface area contributed by atoms with Crippen molar-refractivity contribution in [3.63, 3.8) is 0 Å². The molecule has 0 bridgehead atoms. The van der Waals surface area contributed by atoms with Crippen molar-refractivity contribution < 1.29 is 23.9 Å². The van der Waals surface area contributed by atoms with Gasteiger partial charge in [0, 0.05) is 36.8 Å². The number of amides is 1. The number of carbonyl (C=O) groups is 3. The second kappa shape index (κ2) is 10.2. The zero-order valence-corrected chi connectivity index (χ0v) is 22.9. The number of carbonyl (C=O) groups excluding carboxylic acids is 3. The van der Waals surface area contributed by atoms with Gasteiger partial charge in [-0.3, -0.25) is 14.4 Å². The first-order valence-electron chi connectivity index (χ1n) is 13.3. The maximum atomic E-state index is 12.8. The molecule has 1 aromatic heterocycles. The van der Waals surface area contributed by atoms with E-state index in [4.69, 9.17) is 9.47 Å². The summed E-state index contributed by atoms with van der Waals surface area (Å²) < 4.78 is 11.3. The molecule has 6 atom stereocenters. The normalized spacial score (nSPS) is 30.0. The fourth-order valence-corrected chi connectivity index (χ4v) is 8.29. The third-order valence-electron chi connectivity index (χ3n) is 8.93. The highest BCUT2D eigenvalue weighted by molar-refractivity contribution is 7.15. The molecule has 1 amide bonds. The van der Waals surface area contributed by atoms with Crippen molar-refractivity contribution >= 4 is 34.3 Å². The summed E-state index contributed by atoms with van der Waals surface area (Å²) in [6, 6.07) is 6.08. The van der Waals surface area contributed by atoms with Crippen molar-refractivity contribution in [3.05, 3.63) is 40.4 Å². The van der Waals surface area contributed by atoms with Gasteiger partial charge in [0.15, 0.2) is 5.13 Å². The highest BCUT2D eigenvalue weighted by atomic mass is 32.1. The number of hydrogen-bond donors (Lipinski definition) is 1. The third-order valence-corrected chi connectivity index (χ3v) is 9.76. The number of aromatic nitrogens is 1. The number of anilines is 1. The summed E-state index contributed by atoms with van der Waals surface area (Å²) in [7, 11) is 0. The van der Waals surface area contributed by atoms with Gasteiger partial charge in [0.1, 0.15) is 11.9 Å². The quantitative estimate of drug-likeness (QED) is 0.379. The highest BCUT2D eigenvalue weighted by Crippen LogP contribution is 2.64.